The van der Waals surface area contributed by atoms with Crippen LogP contribution in [0.15, 0.2) is 87.5 Å². The lowest BCUT2D eigenvalue weighted by Crippen LogP contribution is -2.18. The minimum atomic E-state index is -0.431. The SMILES string of the molecule is CC(I)C(=O)OCCOC(=O)c1ccc([S+](c2ccc(C(C)(C)C)cc2)c2ccc(C(C)(C)C)cc2)cc1. The quantitative estimate of drug-likeness (QED) is 0.0822. The highest BCUT2D eigenvalue weighted by atomic mass is 127. The van der Waals surface area contributed by atoms with Crippen molar-refractivity contribution in [2.24, 2.45) is 0 Å². The molecule has 6 heteroatoms. The van der Waals surface area contributed by atoms with Crippen molar-refractivity contribution in [1.29, 1.82) is 0 Å². The fourth-order valence-electron chi connectivity index (χ4n) is 3.79. The molecule has 0 aliphatic rings. The Balaban J connectivity index is 1.85. The van der Waals surface area contributed by atoms with E-state index in [2.05, 4.69) is 90.1 Å². The average Bonchev–Trinajstić information content (AvgIpc) is 2.86. The average molecular weight is 646 g/mol. The van der Waals surface area contributed by atoms with Gasteiger partial charge in [0.15, 0.2) is 14.7 Å². The van der Waals surface area contributed by atoms with Crippen LogP contribution in [0.1, 0.15) is 70.0 Å². The third-order valence-electron chi connectivity index (χ3n) is 6.12. The van der Waals surface area contributed by atoms with E-state index in [1.54, 1.807) is 6.92 Å². The molecule has 0 radical (unpaired) electrons. The highest BCUT2D eigenvalue weighted by Crippen LogP contribution is 2.34. The van der Waals surface area contributed by atoms with Crippen molar-refractivity contribution in [3.8, 4) is 0 Å². The Hall–Kier alpha value is -2.32. The molecule has 3 aromatic rings. The molecule has 3 rings (SSSR count). The van der Waals surface area contributed by atoms with Gasteiger partial charge in [0.05, 0.1) is 16.5 Å². The Morgan fingerprint density at radius 3 is 1.42 bits per heavy atom. The maximum absolute atomic E-state index is 12.5. The lowest BCUT2D eigenvalue weighted by Gasteiger charge is -2.20. The summed E-state index contributed by atoms with van der Waals surface area (Å²) in [6.45, 7) is 15.2. The van der Waals surface area contributed by atoms with Crippen molar-refractivity contribution < 1.29 is 19.1 Å². The van der Waals surface area contributed by atoms with Crippen LogP contribution in [-0.2, 0) is 36.0 Å². The second-order valence-corrected chi connectivity index (χ2v) is 15.2. The van der Waals surface area contributed by atoms with Crippen LogP contribution >= 0.6 is 22.6 Å². The molecule has 0 saturated heterocycles. The van der Waals surface area contributed by atoms with E-state index in [0.29, 0.717) is 5.56 Å². The molecule has 0 fully saturated rings. The van der Waals surface area contributed by atoms with Gasteiger partial charge in [-0.3, -0.25) is 4.79 Å². The second-order valence-electron chi connectivity index (χ2n) is 11.3. The van der Waals surface area contributed by atoms with Gasteiger partial charge in [0.25, 0.3) is 0 Å². The molecule has 0 aliphatic heterocycles. The van der Waals surface area contributed by atoms with Crippen molar-refractivity contribution in [2.45, 2.75) is 77.9 Å². The van der Waals surface area contributed by atoms with Gasteiger partial charge in [0.2, 0.25) is 0 Å². The number of benzene rings is 3. The van der Waals surface area contributed by atoms with E-state index in [4.69, 9.17) is 9.47 Å². The van der Waals surface area contributed by atoms with E-state index in [1.165, 1.54) is 20.9 Å². The molecule has 1 atom stereocenters. The summed E-state index contributed by atoms with van der Waals surface area (Å²) in [7, 11) is -0.333. The number of alkyl halides is 1. The van der Waals surface area contributed by atoms with Crippen LogP contribution in [0.5, 0.6) is 0 Å². The molecular formula is C32H38IO4S+. The summed E-state index contributed by atoms with van der Waals surface area (Å²) in [6.07, 6.45) is 0. The molecule has 0 saturated carbocycles. The third-order valence-corrected chi connectivity index (χ3v) is 8.86. The van der Waals surface area contributed by atoms with Gasteiger partial charge in [-0.1, -0.05) is 88.4 Å². The Morgan fingerprint density at radius 1 is 0.684 bits per heavy atom. The van der Waals surface area contributed by atoms with Crippen molar-refractivity contribution in [1.82, 2.24) is 0 Å². The smallest absolute Gasteiger partial charge is 0.338 e. The molecule has 4 nitrogen and oxygen atoms in total. The summed E-state index contributed by atoms with van der Waals surface area (Å²) in [5.74, 6) is -0.747. The number of halogens is 1. The third kappa shape index (κ3) is 8.09. The highest BCUT2D eigenvalue weighted by molar-refractivity contribution is 14.1. The number of hydrogen-bond acceptors (Lipinski definition) is 4. The first-order valence-corrected chi connectivity index (χ1v) is 15.3. The van der Waals surface area contributed by atoms with Crippen LogP contribution in [-0.4, -0.2) is 29.1 Å². The first kappa shape index (κ1) is 30.2. The minimum Gasteiger partial charge on any atom is -0.461 e. The molecule has 0 N–H and O–H groups in total. The molecular weight excluding hydrogens is 607 g/mol. The molecule has 0 aromatic heterocycles. The summed E-state index contributed by atoms with van der Waals surface area (Å²) in [4.78, 5) is 27.7. The number of ether oxygens (including phenoxy) is 2. The van der Waals surface area contributed by atoms with Gasteiger partial charge in [0.1, 0.15) is 17.1 Å². The van der Waals surface area contributed by atoms with Crippen molar-refractivity contribution in [3.63, 3.8) is 0 Å². The zero-order valence-corrected chi connectivity index (χ0v) is 26.3. The number of carbonyl (C=O) groups is 2. The first-order valence-electron chi connectivity index (χ1n) is 12.8. The Labute approximate surface area is 244 Å². The first-order chi connectivity index (χ1) is 17.8. The van der Waals surface area contributed by atoms with Gasteiger partial charge in [-0.25, -0.2) is 4.79 Å². The van der Waals surface area contributed by atoms with Crippen molar-refractivity contribution >= 4 is 45.4 Å². The molecule has 0 bridgehead atoms. The van der Waals surface area contributed by atoms with Crippen molar-refractivity contribution in [3.05, 3.63) is 89.5 Å². The predicted molar refractivity (Wildman–Crippen MR) is 164 cm³/mol. The van der Waals surface area contributed by atoms with E-state index in [1.807, 2.05) is 46.9 Å². The number of hydrogen-bond donors (Lipinski definition) is 0. The molecule has 0 spiro atoms. The number of carbonyl (C=O) groups excluding carboxylic acids is 2. The fraction of sp³-hybridized carbons (Fsp3) is 0.375. The largest absolute Gasteiger partial charge is 0.461 e. The summed E-state index contributed by atoms with van der Waals surface area (Å²) >= 11 is 1.99. The zero-order chi connectivity index (χ0) is 28.1. The Kier molecular flexibility index (Phi) is 10.1. The summed E-state index contributed by atoms with van der Waals surface area (Å²) < 4.78 is 10.1. The highest BCUT2D eigenvalue weighted by Gasteiger charge is 2.30. The maximum atomic E-state index is 12.5. The van der Waals surface area contributed by atoms with Crippen LogP contribution in [0.25, 0.3) is 0 Å². The zero-order valence-electron chi connectivity index (χ0n) is 23.3. The van der Waals surface area contributed by atoms with Gasteiger partial charge in [-0.15, -0.1) is 0 Å². The van der Waals surface area contributed by atoms with Gasteiger partial charge < -0.3 is 9.47 Å². The van der Waals surface area contributed by atoms with E-state index < -0.39 is 5.97 Å². The van der Waals surface area contributed by atoms with Gasteiger partial charge in [-0.05, 0) is 77.4 Å². The summed E-state index contributed by atoms with van der Waals surface area (Å²) in [5, 5.41) is 0. The van der Waals surface area contributed by atoms with E-state index in [-0.39, 0.29) is 44.8 Å². The second kappa shape index (κ2) is 12.7. The maximum Gasteiger partial charge on any atom is 0.338 e. The fourth-order valence-corrected chi connectivity index (χ4v) is 6.01. The molecule has 202 valence electrons. The monoisotopic (exact) mass is 645 g/mol. The lowest BCUT2D eigenvalue weighted by molar-refractivity contribution is -0.143. The van der Waals surface area contributed by atoms with Crippen LogP contribution in [0.4, 0.5) is 0 Å². The molecule has 0 amide bonds. The summed E-state index contributed by atoms with van der Waals surface area (Å²) in [6, 6.07) is 25.4. The summed E-state index contributed by atoms with van der Waals surface area (Å²) in [5.41, 5.74) is 3.23. The molecule has 1 unspecified atom stereocenters. The standard InChI is InChI=1S/C32H38IO4S/c1-22(33)29(34)36-20-21-37-30(35)23-8-14-26(15-9-23)38(27-16-10-24(11-17-27)31(2,3)4)28-18-12-25(13-19-28)32(5,6)7/h8-19,22H,20-21H2,1-7H3/q+1. The topological polar surface area (TPSA) is 52.6 Å². The number of esters is 2. The Bertz CT molecular complexity index is 1160. The van der Waals surface area contributed by atoms with Gasteiger partial charge in [0, 0.05) is 0 Å². The van der Waals surface area contributed by atoms with Crippen LogP contribution < -0.4 is 0 Å². The predicted octanol–water partition coefficient (Wildman–Crippen LogP) is 7.90. The molecule has 3 aromatic carbocycles. The molecule has 0 heterocycles. The normalized spacial score (nSPS) is 12.8. The van der Waals surface area contributed by atoms with Crippen LogP contribution in [0.3, 0.4) is 0 Å². The van der Waals surface area contributed by atoms with E-state index in [9.17, 15) is 9.59 Å². The van der Waals surface area contributed by atoms with Crippen LogP contribution in [0, 0.1) is 0 Å². The Morgan fingerprint density at radius 2 is 1.05 bits per heavy atom. The molecule has 38 heavy (non-hydrogen) atoms. The van der Waals surface area contributed by atoms with E-state index >= 15 is 0 Å². The minimum absolute atomic E-state index is 0.0281. The number of rotatable bonds is 8. The van der Waals surface area contributed by atoms with E-state index in [0.717, 1.165) is 4.90 Å². The molecule has 0 aliphatic carbocycles. The van der Waals surface area contributed by atoms with Crippen molar-refractivity contribution in [2.75, 3.05) is 13.2 Å². The lowest BCUT2D eigenvalue weighted by atomic mass is 9.87. The van der Waals surface area contributed by atoms with Crippen LogP contribution in [0.2, 0.25) is 0 Å². The van der Waals surface area contributed by atoms with Gasteiger partial charge >= 0.3 is 11.9 Å². The van der Waals surface area contributed by atoms with Gasteiger partial charge in [-0.2, -0.15) is 0 Å².